The fraction of sp³-hybridized carbons (Fsp3) is 0.500. The molecule has 0 aromatic heterocycles. The summed E-state index contributed by atoms with van der Waals surface area (Å²) >= 11 is 0. The standard InChI is InChI=1S/C18H23N3O3/c1-12(14-8-4-3-5-9-14)19-15(22)13(2)21-16(23)18(20-17(21)24)10-6-7-11-18/h3-5,8-9,12-13H,6-7,10-11H2,1-2H3,(H,19,22)(H,20,24). The van der Waals surface area contributed by atoms with Gasteiger partial charge in [-0.3, -0.25) is 9.59 Å². The minimum Gasteiger partial charge on any atom is -0.348 e. The molecule has 3 rings (SSSR count). The fourth-order valence-electron chi connectivity index (χ4n) is 3.59. The molecule has 1 aromatic carbocycles. The molecule has 2 atom stereocenters. The van der Waals surface area contributed by atoms with Gasteiger partial charge in [-0.25, -0.2) is 9.69 Å². The van der Waals surface area contributed by atoms with E-state index in [-0.39, 0.29) is 17.9 Å². The first-order valence-corrected chi connectivity index (χ1v) is 8.46. The van der Waals surface area contributed by atoms with Gasteiger partial charge < -0.3 is 10.6 Å². The Morgan fingerprint density at radius 3 is 2.42 bits per heavy atom. The number of nitrogens with one attached hydrogen (secondary N) is 2. The number of benzene rings is 1. The number of hydrogen-bond donors (Lipinski definition) is 2. The van der Waals surface area contributed by atoms with Crippen LogP contribution in [0.3, 0.4) is 0 Å². The Labute approximate surface area is 141 Å². The van der Waals surface area contributed by atoms with Gasteiger partial charge in [0.15, 0.2) is 0 Å². The van der Waals surface area contributed by atoms with E-state index in [1.165, 1.54) is 0 Å². The molecule has 1 aliphatic carbocycles. The first kappa shape index (κ1) is 16.5. The molecule has 2 N–H and O–H groups in total. The van der Waals surface area contributed by atoms with Crippen molar-refractivity contribution in [1.29, 1.82) is 0 Å². The van der Waals surface area contributed by atoms with Gasteiger partial charge in [0, 0.05) is 0 Å². The summed E-state index contributed by atoms with van der Waals surface area (Å²) in [7, 11) is 0. The van der Waals surface area contributed by atoms with Crippen molar-refractivity contribution in [1.82, 2.24) is 15.5 Å². The predicted molar refractivity (Wildman–Crippen MR) is 89.0 cm³/mol. The number of imide groups is 1. The van der Waals surface area contributed by atoms with Crippen LogP contribution in [-0.2, 0) is 9.59 Å². The fourth-order valence-corrected chi connectivity index (χ4v) is 3.59. The number of amides is 4. The Morgan fingerprint density at radius 1 is 1.17 bits per heavy atom. The summed E-state index contributed by atoms with van der Waals surface area (Å²) in [6.45, 7) is 3.47. The number of carbonyl (C=O) groups excluding carboxylic acids is 3. The third-order valence-electron chi connectivity index (χ3n) is 5.08. The van der Waals surface area contributed by atoms with Crippen LogP contribution in [0.25, 0.3) is 0 Å². The van der Waals surface area contributed by atoms with Crippen molar-refractivity contribution >= 4 is 17.8 Å². The van der Waals surface area contributed by atoms with Gasteiger partial charge >= 0.3 is 6.03 Å². The number of urea groups is 1. The zero-order valence-corrected chi connectivity index (χ0v) is 14.0. The largest absolute Gasteiger partial charge is 0.348 e. The molecule has 1 heterocycles. The van der Waals surface area contributed by atoms with Crippen molar-refractivity contribution in [2.75, 3.05) is 0 Å². The molecule has 2 aliphatic rings. The van der Waals surface area contributed by atoms with E-state index >= 15 is 0 Å². The molecule has 1 saturated carbocycles. The predicted octanol–water partition coefficient (Wildman–Crippen LogP) is 2.12. The quantitative estimate of drug-likeness (QED) is 0.831. The van der Waals surface area contributed by atoms with E-state index in [4.69, 9.17) is 0 Å². The third-order valence-corrected chi connectivity index (χ3v) is 5.08. The molecule has 2 fully saturated rings. The van der Waals surface area contributed by atoms with Crippen molar-refractivity contribution < 1.29 is 14.4 Å². The third kappa shape index (κ3) is 2.77. The Morgan fingerprint density at radius 2 is 1.79 bits per heavy atom. The number of nitrogens with zero attached hydrogens (tertiary/aromatic N) is 1. The molecule has 4 amide bonds. The van der Waals surface area contributed by atoms with Gasteiger partial charge in [-0.15, -0.1) is 0 Å². The lowest BCUT2D eigenvalue weighted by Gasteiger charge is -2.25. The maximum Gasteiger partial charge on any atom is 0.325 e. The van der Waals surface area contributed by atoms with Crippen molar-refractivity contribution in [3.63, 3.8) is 0 Å². The highest BCUT2D eigenvalue weighted by Gasteiger charge is 2.54. The molecule has 1 aromatic rings. The molecular formula is C18H23N3O3. The Hall–Kier alpha value is -2.37. The lowest BCUT2D eigenvalue weighted by atomic mass is 9.97. The average Bonchev–Trinajstić information content (AvgIpc) is 3.13. The Balaban J connectivity index is 1.69. The summed E-state index contributed by atoms with van der Waals surface area (Å²) in [6, 6.07) is 8.09. The first-order valence-electron chi connectivity index (χ1n) is 8.46. The topological polar surface area (TPSA) is 78.5 Å². The van der Waals surface area contributed by atoms with Gasteiger partial charge in [0.05, 0.1) is 6.04 Å². The Bertz CT molecular complexity index is 653. The molecule has 1 saturated heterocycles. The monoisotopic (exact) mass is 329 g/mol. The zero-order valence-electron chi connectivity index (χ0n) is 14.0. The highest BCUT2D eigenvalue weighted by molar-refractivity contribution is 6.10. The minimum absolute atomic E-state index is 0.192. The van der Waals surface area contributed by atoms with Gasteiger partial charge in [-0.1, -0.05) is 43.2 Å². The average molecular weight is 329 g/mol. The van der Waals surface area contributed by atoms with Crippen molar-refractivity contribution in [3.05, 3.63) is 35.9 Å². The highest BCUT2D eigenvalue weighted by atomic mass is 16.2. The molecule has 6 heteroatoms. The van der Waals surface area contributed by atoms with Crippen LogP contribution in [0.15, 0.2) is 30.3 Å². The number of carbonyl (C=O) groups is 3. The van der Waals surface area contributed by atoms with Crippen molar-refractivity contribution in [3.8, 4) is 0 Å². The minimum atomic E-state index is -0.830. The summed E-state index contributed by atoms with van der Waals surface area (Å²) in [5.41, 5.74) is 0.193. The molecule has 24 heavy (non-hydrogen) atoms. The van der Waals surface area contributed by atoms with E-state index in [2.05, 4.69) is 10.6 Å². The molecule has 2 unspecified atom stereocenters. The SMILES string of the molecule is CC(NC(=O)C(C)N1C(=O)NC2(CCCC2)C1=O)c1ccccc1. The van der Waals surface area contributed by atoms with Crippen LogP contribution >= 0.6 is 0 Å². The molecular weight excluding hydrogens is 306 g/mol. The van der Waals surface area contributed by atoms with Crippen LogP contribution in [0.1, 0.15) is 51.1 Å². The van der Waals surface area contributed by atoms with E-state index < -0.39 is 17.6 Å². The van der Waals surface area contributed by atoms with Gasteiger partial charge in [-0.05, 0) is 32.3 Å². The van der Waals surface area contributed by atoms with Crippen molar-refractivity contribution in [2.45, 2.75) is 57.2 Å². The smallest absolute Gasteiger partial charge is 0.325 e. The second-order valence-electron chi connectivity index (χ2n) is 6.71. The van der Waals surface area contributed by atoms with E-state index in [0.29, 0.717) is 12.8 Å². The van der Waals surface area contributed by atoms with Crippen LogP contribution in [-0.4, -0.2) is 34.3 Å². The van der Waals surface area contributed by atoms with Crippen LogP contribution in [0.5, 0.6) is 0 Å². The van der Waals surface area contributed by atoms with Crippen LogP contribution in [0.4, 0.5) is 4.79 Å². The molecule has 0 radical (unpaired) electrons. The van der Waals surface area contributed by atoms with Crippen LogP contribution in [0, 0.1) is 0 Å². The Kier molecular flexibility index (Phi) is 4.30. The van der Waals surface area contributed by atoms with Gasteiger partial charge in [0.2, 0.25) is 5.91 Å². The molecule has 1 aliphatic heterocycles. The van der Waals surface area contributed by atoms with E-state index in [9.17, 15) is 14.4 Å². The van der Waals surface area contributed by atoms with Crippen molar-refractivity contribution in [2.24, 2.45) is 0 Å². The normalized spacial score (nSPS) is 21.7. The van der Waals surface area contributed by atoms with E-state index in [1.807, 2.05) is 37.3 Å². The number of hydrogen-bond acceptors (Lipinski definition) is 3. The first-order chi connectivity index (χ1) is 11.4. The zero-order chi connectivity index (χ0) is 17.3. The summed E-state index contributed by atoms with van der Waals surface area (Å²) in [5, 5.41) is 5.69. The van der Waals surface area contributed by atoms with E-state index in [1.54, 1.807) is 6.92 Å². The van der Waals surface area contributed by atoms with E-state index in [0.717, 1.165) is 23.3 Å². The molecule has 128 valence electrons. The van der Waals surface area contributed by atoms with Gasteiger partial charge in [0.25, 0.3) is 5.91 Å². The number of rotatable bonds is 4. The maximum absolute atomic E-state index is 12.7. The molecule has 0 bridgehead atoms. The van der Waals surface area contributed by atoms with Gasteiger partial charge in [-0.2, -0.15) is 0 Å². The summed E-state index contributed by atoms with van der Waals surface area (Å²) < 4.78 is 0. The summed E-state index contributed by atoms with van der Waals surface area (Å²) in [6.07, 6.45) is 3.16. The lowest BCUT2D eigenvalue weighted by Crippen LogP contribution is -2.50. The summed E-state index contributed by atoms with van der Waals surface area (Å²) in [4.78, 5) is 38.6. The maximum atomic E-state index is 12.7. The highest BCUT2D eigenvalue weighted by Crippen LogP contribution is 2.35. The molecule has 1 spiro atoms. The second kappa shape index (κ2) is 6.26. The van der Waals surface area contributed by atoms with Crippen LogP contribution in [0.2, 0.25) is 0 Å². The summed E-state index contributed by atoms with van der Waals surface area (Å²) in [5.74, 6) is -0.593. The van der Waals surface area contributed by atoms with Crippen LogP contribution < -0.4 is 10.6 Å². The second-order valence-corrected chi connectivity index (χ2v) is 6.71. The van der Waals surface area contributed by atoms with Gasteiger partial charge in [0.1, 0.15) is 11.6 Å². The lowest BCUT2D eigenvalue weighted by molar-refractivity contribution is -0.138. The molecule has 6 nitrogen and oxygen atoms in total.